The highest BCUT2D eigenvalue weighted by molar-refractivity contribution is 6.13. The number of anilines is 2. The molecule has 26 heavy (non-hydrogen) atoms. The lowest BCUT2D eigenvalue weighted by Gasteiger charge is -2.18. The molecule has 0 bridgehead atoms. The summed E-state index contributed by atoms with van der Waals surface area (Å²) in [6, 6.07) is 10.6. The first kappa shape index (κ1) is 17.7. The van der Waals surface area contributed by atoms with E-state index in [1.807, 2.05) is 0 Å². The van der Waals surface area contributed by atoms with Crippen LogP contribution in [0.1, 0.15) is 6.42 Å². The van der Waals surface area contributed by atoms with Crippen LogP contribution in [0.3, 0.4) is 0 Å². The molecule has 1 saturated heterocycles. The van der Waals surface area contributed by atoms with E-state index in [4.69, 9.17) is 9.47 Å². The van der Waals surface area contributed by atoms with Crippen LogP contribution in [0.5, 0.6) is 11.5 Å². The van der Waals surface area contributed by atoms with E-state index in [-0.39, 0.29) is 5.91 Å². The summed E-state index contributed by atoms with van der Waals surface area (Å²) in [5.74, 6) is -0.757. The molecule has 0 radical (unpaired) electrons. The first-order valence-corrected chi connectivity index (χ1v) is 8.12. The SMILES string of the molecule is COc1cc(OC)cc(N2CCC(C(=O)Nc3ccc(F)cc3)C2=O)c1. The lowest BCUT2D eigenvalue weighted by atomic mass is 10.1. The van der Waals surface area contributed by atoms with Crippen LogP contribution < -0.4 is 19.7 Å². The second-order valence-electron chi connectivity index (χ2n) is 5.90. The highest BCUT2D eigenvalue weighted by Crippen LogP contribution is 2.32. The highest BCUT2D eigenvalue weighted by atomic mass is 19.1. The van der Waals surface area contributed by atoms with Gasteiger partial charge in [-0.3, -0.25) is 9.59 Å². The van der Waals surface area contributed by atoms with Crippen molar-refractivity contribution in [2.45, 2.75) is 6.42 Å². The monoisotopic (exact) mass is 358 g/mol. The molecule has 1 fully saturated rings. The van der Waals surface area contributed by atoms with Crippen molar-refractivity contribution in [3.05, 3.63) is 48.3 Å². The average Bonchev–Trinajstić information content (AvgIpc) is 3.04. The number of nitrogens with one attached hydrogen (secondary N) is 1. The summed E-state index contributed by atoms with van der Waals surface area (Å²) >= 11 is 0. The quantitative estimate of drug-likeness (QED) is 0.835. The molecule has 7 heteroatoms. The van der Waals surface area contributed by atoms with E-state index in [2.05, 4.69) is 5.32 Å². The number of carbonyl (C=O) groups excluding carboxylic acids is 2. The van der Waals surface area contributed by atoms with Gasteiger partial charge in [-0.25, -0.2) is 4.39 Å². The van der Waals surface area contributed by atoms with Gasteiger partial charge in [0.2, 0.25) is 11.8 Å². The summed E-state index contributed by atoms with van der Waals surface area (Å²) in [6.45, 7) is 0.413. The Hall–Kier alpha value is -3.09. The van der Waals surface area contributed by atoms with Crippen LogP contribution in [0.2, 0.25) is 0 Å². The van der Waals surface area contributed by atoms with Crippen molar-refractivity contribution in [2.24, 2.45) is 5.92 Å². The van der Waals surface area contributed by atoms with Crippen molar-refractivity contribution in [3.63, 3.8) is 0 Å². The Bertz CT molecular complexity index is 801. The number of nitrogens with zero attached hydrogens (tertiary/aromatic N) is 1. The molecule has 1 aliphatic rings. The molecule has 3 rings (SSSR count). The minimum Gasteiger partial charge on any atom is -0.497 e. The zero-order valence-corrected chi connectivity index (χ0v) is 14.5. The number of ether oxygens (including phenoxy) is 2. The summed E-state index contributed by atoms with van der Waals surface area (Å²) in [6.07, 6.45) is 0.394. The van der Waals surface area contributed by atoms with Gasteiger partial charge in [0.1, 0.15) is 23.2 Å². The second-order valence-corrected chi connectivity index (χ2v) is 5.90. The Morgan fingerprint density at radius 3 is 2.31 bits per heavy atom. The molecule has 0 aromatic heterocycles. The average molecular weight is 358 g/mol. The van der Waals surface area contributed by atoms with Crippen molar-refractivity contribution >= 4 is 23.2 Å². The van der Waals surface area contributed by atoms with Crippen molar-refractivity contribution in [1.82, 2.24) is 0 Å². The van der Waals surface area contributed by atoms with E-state index in [9.17, 15) is 14.0 Å². The van der Waals surface area contributed by atoms with Crippen LogP contribution >= 0.6 is 0 Å². The maximum Gasteiger partial charge on any atom is 0.239 e. The minimum absolute atomic E-state index is 0.292. The number of benzene rings is 2. The molecule has 0 saturated carbocycles. The zero-order chi connectivity index (χ0) is 18.7. The van der Waals surface area contributed by atoms with E-state index >= 15 is 0 Å². The smallest absolute Gasteiger partial charge is 0.239 e. The van der Waals surface area contributed by atoms with Gasteiger partial charge in [-0.05, 0) is 30.7 Å². The lowest BCUT2D eigenvalue weighted by molar-refractivity contribution is -0.129. The molecular formula is C19H19FN2O4. The van der Waals surface area contributed by atoms with Gasteiger partial charge in [0.15, 0.2) is 0 Å². The van der Waals surface area contributed by atoms with Gasteiger partial charge in [0, 0.05) is 30.4 Å². The summed E-state index contributed by atoms with van der Waals surface area (Å²) in [5.41, 5.74) is 1.06. The number of hydrogen-bond acceptors (Lipinski definition) is 4. The molecule has 136 valence electrons. The fourth-order valence-electron chi connectivity index (χ4n) is 2.89. The maximum atomic E-state index is 13.0. The normalized spacial score (nSPS) is 16.5. The Labute approximate surface area is 150 Å². The van der Waals surface area contributed by atoms with Gasteiger partial charge >= 0.3 is 0 Å². The van der Waals surface area contributed by atoms with E-state index in [1.54, 1.807) is 23.1 Å². The van der Waals surface area contributed by atoms with E-state index in [0.29, 0.717) is 35.8 Å². The van der Waals surface area contributed by atoms with Crippen LogP contribution in [0.4, 0.5) is 15.8 Å². The summed E-state index contributed by atoms with van der Waals surface area (Å²) in [4.78, 5) is 26.7. The van der Waals surface area contributed by atoms with Crippen LogP contribution in [0.15, 0.2) is 42.5 Å². The minimum atomic E-state index is -0.794. The zero-order valence-electron chi connectivity index (χ0n) is 14.5. The molecule has 2 aromatic carbocycles. The summed E-state index contributed by atoms with van der Waals surface area (Å²) in [5, 5.41) is 2.66. The Morgan fingerprint density at radius 2 is 1.73 bits per heavy atom. The number of halogens is 1. The molecule has 0 spiro atoms. The molecule has 1 aliphatic heterocycles. The van der Waals surface area contributed by atoms with Crippen LogP contribution in [-0.2, 0) is 9.59 Å². The van der Waals surface area contributed by atoms with Gasteiger partial charge < -0.3 is 19.7 Å². The third kappa shape index (κ3) is 3.61. The Kier molecular flexibility index (Phi) is 5.06. The topological polar surface area (TPSA) is 67.9 Å². The number of methoxy groups -OCH3 is 2. The molecule has 1 heterocycles. The third-order valence-electron chi connectivity index (χ3n) is 4.28. The molecule has 1 N–H and O–H groups in total. The van der Waals surface area contributed by atoms with Gasteiger partial charge in [-0.15, -0.1) is 0 Å². The fourth-order valence-corrected chi connectivity index (χ4v) is 2.89. The summed E-state index contributed by atoms with van der Waals surface area (Å²) < 4.78 is 23.4. The van der Waals surface area contributed by atoms with Crippen LogP contribution in [0.25, 0.3) is 0 Å². The second kappa shape index (κ2) is 7.43. The van der Waals surface area contributed by atoms with Gasteiger partial charge in [-0.2, -0.15) is 0 Å². The first-order valence-electron chi connectivity index (χ1n) is 8.12. The molecule has 1 unspecified atom stereocenters. The Balaban J connectivity index is 1.75. The summed E-state index contributed by atoms with van der Waals surface area (Å²) in [7, 11) is 3.06. The van der Waals surface area contributed by atoms with Crippen molar-refractivity contribution in [3.8, 4) is 11.5 Å². The molecule has 2 amide bonds. The predicted molar refractivity (Wildman–Crippen MR) is 95.0 cm³/mol. The highest BCUT2D eigenvalue weighted by Gasteiger charge is 2.38. The maximum absolute atomic E-state index is 13.0. The largest absolute Gasteiger partial charge is 0.497 e. The first-order chi connectivity index (χ1) is 12.5. The number of rotatable bonds is 5. The van der Waals surface area contributed by atoms with Crippen LogP contribution in [-0.4, -0.2) is 32.6 Å². The molecule has 1 atom stereocenters. The van der Waals surface area contributed by atoms with Crippen molar-refractivity contribution in [2.75, 3.05) is 31.0 Å². The van der Waals surface area contributed by atoms with Gasteiger partial charge in [0.25, 0.3) is 0 Å². The van der Waals surface area contributed by atoms with Gasteiger partial charge in [0.05, 0.1) is 19.9 Å². The van der Waals surface area contributed by atoms with Gasteiger partial charge in [-0.1, -0.05) is 0 Å². The third-order valence-corrected chi connectivity index (χ3v) is 4.28. The molecule has 0 aliphatic carbocycles. The number of carbonyl (C=O) groups is 2. The molecule has 6 nitrogen and oxygen atoms in total. The van der Waals surface area contributed by atoms with E-state index in [1.165, 1.54) is 38.5 Å². The lowest BCUT2D eigenvalue weighted by Crippen LogP contribution is -2.33. The number of hydrogen-bond donors (Lipinski definition) is 1. The Morgan fingerprint density at radius 1 is 1.12 bits per heavy atom. The molecular weight excluding hydrogens is 339 g/mol. The van der Waals surface area contributed by atoms with E-state index in [0.717, 1.165) is 0 Å². The van der Waals surface area contributed by atoms with Crippen LogP contribution in [0, 0.1) is 11.7 Å². The van der Waals surface area contributed by atoms with Crippen molar-refractivity contribution in [1.29, 1.82) is 0 Å². The number of amides is 2. The molecule has 2 aromatic rings. The standard InChI is InChI=1S/C19H19FN2O4/c1-25-15-9-14(10-16(11-15)26-2)22-8-7-17(19(22)24)18(23)21-13-5-3-12(20)4-6-13/h3-6,9-11,17H,7-8H2,1-2H3,(H,21,23). The van der Waals surface area contributed by atoms with E-state index < -0.39 is 17.6 Å². The predicted octanol–water partition coefficient (Wildman–Crippen LogP) is 2.83. The van der Waals surface area contributed by atoms with Crippen molar-refractivity contribution < 1.29 is 23.5 Å². The fraction of sp³-hybridized carbons (Fsp3) is 0.263.